The van der Waals surface area contributed by atoms with Crippen molar-refractivity contribution >= 4 is 0 Å². The van der Waals surface area contributed by atoms with Crippen LogP contribution in [0.5, 0.6) is 0 Å². The minimum absolute atomic E-state index is 0.227. The third-order valence-electron chi connectivity index (χ3n) is 0.512. The lowest BCUT2D eigenvalue weighted by atomic mass is 10.3. The van der Waals surface area contributed by atoms with Gasteiger partial charge in [-0.3, -0.25) is 0 Å². The molecule has 4 heteroatoms. The minimum atomic E-state index is -0.231. The van der Waals surface area contributed by atoms with E-state index in [4.69, 9.17) is 22.0 Å². The molecule has 0 aromatic carbocycles. The lowest BCUT2D eigenvalue weighted by Crippen LogP contribution is -2.10. The highest BCUT2D eigenvalue weighted by molar-refractivity contribution is 5.37. The van der Waals surface area contributed by atoms with E-state index in [-0.39, 0.29) is 11.4 Å². The third-order valence-corrected chi connectivity index (χ3v) is 0.512. The lowest BCUT2D eigenvalue weighted by molar-refractivity contribution is 1.22. The number of nitriles is 2. The highest BCUT2D eigenvalue weighted by Crippen LogP contribution is 1.86. The summed E-state index contributed by atoms with van der Waals surface area (Å²) in [6.45, 7) is 0. The van der Waals surface area contributed by atoms with Crippen LogP contribution in [-0.2, 0) is 0 Å². The summed E-state index contributed by atoms with van der Waals surface area (Å²) >= 11 is 0. The second-order valence-electron chi connectivity index (χ2n) is 1.05. The first kappa shape index (κ1) is 6.32. The zero-order chi connectivity index (χ0) is 6.57. The maximum Gasteiger partial charge on any atom is 0.169 e. The van der Waals surface area contributed by atoms with Crippen molar-refractivity contribution in [3.63, 3.8) is 0 Å². The Balaban J connectivity index is 4.47. The Morgan fingerprint density at radius 1 is 1.12 bits per heavy atom. The summed E-state index contributed by atoms with van der Waals surface area (Å²) in [6.07, 6.45) is 0. The van der Waals surface area contributed by atoms with Crippen molar-refractivity contribution in [2.45, 2.75) is 0 Å². The van der Waals surface area contributed by atoms with Gasteiger partial charge in [-0.05, 0) is 0 Å². The maximum atomic E-state index is 8.01. The normalized spacial score (nSPS) is 6.25. The molecule has 0 spiro atoms. The van der Waals surface area contributed by atoms with E-state index in [9.17, 15) is 0 Å². The molecule has 4 N–H and O–H groups in total. The van der Waals surface area contributed by atoms with Crippen LogP contribution in [0.2, 0.25) is 0 Å². The van der Waals surface area contributed by atoms with Crippen LogP contribution in [0.3, 0.4) is 0 Å². The largest absolute Gasteiger partial charge is 0.384 e. The van der Waals surface area contributed by atoms with Gasteiger partial charge in [-0.1, -0.05) is 0 Å². The average Bonchev–Trinajstić information content (AvgIpc) is 1.69. The first-order chi connectivity index (χ1) is 3.72. The second-order valence-corrected chi connectivity index (χ2v) is 1.05. The van der Waals surface area contributed by atoms with Crippen molar-refractivity contribution in [2.24, 2.45) is 11.5 Å². The summed E-state index contributed by atoms with van der Waals surface area (Å²) < 4.78 is 0. The minimum Gasteiger partial charge on any atom is -0.384 e. The highest BCUT2D eigenvalue weighted by Gasteiger charge is 1.92. The van der Waals surface area contributed by atoms with E-state index < -0.39 is 0 Å². The molecule has 0 radical (unpaired) electrons. The number of nitrogens with two attached hydrogens (primary N) is 2. The molecule has 4 nitrogen and oxygen atoms in total. The molecule has 0 bridgehead atoms. The van der Waals surface area contributed by atoms with Crippen LogP contribution in [0, 0.1) is 22.7 Å². The van der Waals surface area contributed by atoms with Gasteiger partial charge < -0.3 is 11.5 Å². The van der Waals surface area contributed by atoms with Gasteiger partial charge in [-0.15, -0.1) is 0 Å². The van der Waals surface area contributed by atoms with Crippen LogP contribution >= 0.6 is 0 Å². The molecule has 0 aromatic rings. The molecule has 8 heavy (non-hydrogen) atoms. The number of hydrogen-bond donors (Lipinski definition) is 2. The molecule has 0 aromatic heterocycles. The number of nitrogens with zero attached hydrogens (tertiary/aromatic N) is 2. The van der Waals surface area contributed by atoms with Crippen LogP contribution in [0.15, 0.2) is 11.4 Å². The molecule has 0 heterocycles. The maximum absolute atomic E-state index is 8.01. The van der Waals surface area contributed by atoms with Crippen molar-refractivity contribution in [3.05, 3.63) is 11.4 Å². The molecular formula is C4H4N4. The monoisotopic (exact) mass is 108 g/mol. The summed E-state index contributed by atoms with van der Waals surface area (Å²) in [5.41, 5.74) is 9.51. The molecule has 40 valence electrons. The number of allylic oxidation sites excluding steroid dienone is 1. The van der Waals surface area contributed by atoms with Crippen LogP contribution < -0.4 is 11.5 Å². The predicted octanol–water partition coefficient (Wildman–Crippen LogP) is -0.837. The van der Waals surface area contributed by atoms with Gasteiger partial charge in [0.05, 0.1) is 0 Å². The molecule has 0 aliphatic rings. The van der Waals surface area contributed by atoms with Crippen molar-refractivity contribution < 1.29 is 0 Å². The van der Waals surface area contributed by atoms with Gasteiger partial charge in [0.15, 0.2) is 5.57 Å². The zero-order valence-electron chi connectivity index (χ0n) is 4.05. The SMILES string of the molecule is N#CC(C#N)=C(N)N. The van der Waals surface area contributed by atoms with E-state index in [2.05, 4.69) is 0 Å². The fourth-order valence-corrected chi connectivity index (χ4v) is 0.154. The number of hydrogen-bond acceptors (Lipinski definition) is 4. The fourth-order valence-electron chi connectivity index (χ4n) is 0.154. The molecular weight excluding hydrogens is 104 g/mol. The van der Waals surface area contributed by atoms with Crippen LogP contribution in [0.25, 0.3) is 0 Å². The Labute approximate surface area is 46.6 Å². The van der Waals surface area contributed by atoms with Gasteiger partial charge in [0.2, 0.25) is 0 Å². The Hall–Kier alpha value is -1.68. The van der Waals surface area contributed by atoms with Gasteiger partial charge in [0.25, 0.3) is 0 Å². The lowest BCUT2D eigenvalue weighted by Gasteiger charge is -1.83. The van der Waals surface area contributed by atoms with E-state index >= 15 is 0 Å². The first-order valence-electron chi connectivity index (χ1n) is 1.77. The van der Waals surface area contributed by atoms with Gasteiger partial charge in [0.1, 0.15) is 18.0 Å². The Kier molecular flexibility index (Phi) is 1.96. The number of rotatable bonds is 0. The first-order valence-corrected chi connectivity index (χ1v) is 1.77. The average molecular weight is 108 g/mol. The van der Waals surface area contributed by atoms with Gasteiger partial charge >= 0.3 is 0 Å². The highest BCUT2D eigenvalue weighted by atomic mass is 14.8. The standard InChI is InChI=1S/C4H4N4/c5-1-3(2-6)4(7)8/h7-8H2. The quantitative estimate of drug-likeness (QED) is 0.395. The van der Waals surface area contributed by atoms with Crippen molar-refractivity contribution in [1.82, 2.24) is 0 Å². The van der Waals surface area contributed by atoms with Crippen LogP contribution in [0.1, 0.15) is 0 Å². The summed E-state index contributed by atoms with van der Waals surface area (Å²) in [4.78, 5) is 0. The van der Waals surface area contributed by atoms with Crippen molar-refractivity contribution in [1.29, 1.82) is 10.5 Å². The molecule has 0 saturated heterocycles. The summed E-state index contributed by atoms with van der Waals surface area (Å²) in [6, 6.07) is 3.04. The van der Waals surface area contributed by atoms with E-state index in [0.717, 1.165) is 0 Å². The summed E-state index contributed by atoms with van der Waals surface area (Å²) in [5.74, 6) is -0.227. The zero-order valence-corrected chi connectivity index (χ0v) is 4.05. The Morgan fingerprint density at radius 2 is 1.50 bits per heavy atom. The third kappa shape index (κ3) is 1.19. The van der Waals surface area contributed by atoms with E-state index in [0.29, 0.717) is 0 Å². The topological polar surface area (TPSA) is 99.6 Å². The van der Waals surface area contributed by atoms with E-state index in [1.807, 2.05) is 0 Å². The molecule has 0 aliphatic carbocycles. The summed E-state index contributed by atoms with van der Waals surface area (Å²) in [5, 5.41) is 16.0. The fraction of sp³-hybridized carbons (Fsp3) is 0. The van der Waals surface area contributed by atoms with Crippen LogP contribution in [0.4, 0.5) is 0 Å². The van der Waals surface area contributed by atoms with Crippen LogP contribution in [-0.4, -0.2) is 0 Å². The van der Waals surface area contributed by atoms with Gasteiger partial charge in [-0.2, -0.15) is 10.5 Å². The molecule has 0 unspecified atom stereocenters. The van der Waals surface area contributed by atoms with Gasteiger partial charge in [-0.25, -0.2) is 0 Å². The molecule has 0 amide bonds. The van der Waals surface area contributed by atoms with E-state index in [1.54, 1.807) is 0 Å². The van der Waals surface area contributed by atoms with Crippen molar-refractivity contribution in [2.75, 3.05) is 0 Å². The van der Waals surface area contributed by atoms with Gasteiger partial charge in [0, 0.05) is 0 Å². The summed E-state index contributed by atoms with van der Waals surface area (Å²) in [7, 11) is 0. The Bertz CT molecular complexity index is 169. The molecule has 0 atom stereocenters. The smallest absolute Gasteiger partial charge is 0.169 e. The van der Waals surface area contributed by atoms with E-state index in [1.165, 1.54) is 12.1 Å². The molecule has 0 aliphatic heterocycles. The Morgan fingerprint density at radius 3 is 1.50 bits per heavy atom. The van der Waals surface area contributed by atoms with Crippen molar-refractivity contribution in [3.8, 4) is 12.1 Å². The molecule has 0 saturated carbocycles. The molecule has 0 fully saturated rings. The molecule has 0 rings (SSSR count). The predicted molar refractivity (Wildman–Crippen MR) is 26.6 cm³/mol. The second kappa shape index (κ2) is 2.49.